The average molecular weight is 124 g/mol. The van der Waals surface area contributed by atoms with E-state index >= 15 is 0 Å². The zero-order chi connectivity index (χ0) is 6.10. The van der Waals surface area contributed by atoms with E-state index < -0.39 is 0 Å². The highest BCUT2D eigenvalue weighted by Crippen LogP contribution is 2.19. The molecule has 0 radical (unpaired) electrons. The summed E-state index contributed by atoms with van der Waals surface area (Å²) in [7, 11) is 0. The van der Waals surface area contributed by atoms with E-state index in [1.807, 2.05) is 0 Å². The van der Waals surface area contributed by atoms with Gasteiger partial charge in [-0.05, 0) is 24.8 Å². The van der Waals surface area contributed by atoms with Crippen LogP contribution >= 0.6 is 0 Å². The van der Waals surface area contributed by atoms with Crippen LogP contribution in [-0.2, 0) is 0 Å². The zero-order valence-corrected chi connectivity index (χ0v) is 5.48. The van der Waals surface area contributed by atoms with Crippen LogP contribution in [0.5, 0.6) is 0 Å². The minimum absolute atomic E-state index is 0.666. The molecule has 0 aromatic heterocycles. The fraction of sp³-hybridized carbons (Fsp3) is 0.714. The molecule has 0 aromatic carbocycles. The van der Waals surface area contributed by atoms with Gasteiger partial charge in [0.25, 0.3) is 0 Å². The van der Waals surface area contributed by atoms with Gasteiger partial charge in [-0.1, -0.05) is 6.08 Å². The van der Waals surface area contributed by atoms with Crippen LogP contribution in [-0.4, -0.2) is 12.6 Å². The van der Waals surface area contributed by atoms with E-state index in [2.05, 4.69) is 16.9 Å². The number of nitrogens with one attached hydrogen (secondary N) is 2. The highest BCUT2D eigenvalue weighted by Gasteiger charge is 2.21. The molecule has 0 saturated carbocycles. The first kappa shape index (κ1) is 5.45. The Morgan fingerprint density at radius 1 is 1.56 bits per heavy atom. The molecule has 2 N–H and O–H groups in total. The fourth-order valence-corrected chi connectivity index (χ4v) is 1.57. The molecule has 0 aromatic rings. The Labute approximate surface area is 55.3 Å². The third-order valence-corrected chi connectivity index (χ3v) is 2.12. The highest BCUT2D eigenvalue weighted by molar-refractivity contribution is 5.18. The molecule has 2 rings (SSSR count). The molecule has 50 valence electrons. The molecule has 2 nitrogen and oxygen atoms in total. The average Bonchev–Trinajstić information content (AvgIpc) is 2.33. The van der Waals surface area contributed by atoms with Crippen LogP contribution in [0.1, 0.15) is 19.3 Å². The van der Waals surface area contributed by atoms with E-state index in [9.17, 15) is 0 Å². The van der Waals surface area contributed by atoms with Gasteiger partial charge in [-0.15, -0.1) is 0 Å². The summed E-state index contributed by atoms with van der Waals surface area (Å²) in [4.78, 5) is 0. The van der Waals surface area contributed by atoms with Crippen LogP contribution in [0.2, 0.25) is 0 Å². The lowest BCUT2D eigenvalue weighted by atomic mass is 9.96. The number of rotatable bonds is 0. The third-order valence-electron chi connectivity index (χ3n) is 2.12. The Bertz CT molecular complexity index is 140. The first-order valence-electron chi connectivity index (χ1n) is 3.64. The van der Waals surface area contributed by atoms with E-state index in [0.29, 0.717) is 6.04 Å². The molecule has 1 unspecified atom stereocenters. The number of fused-ring (bicyclic) bond motifs is 1. The van der Waals surface area contributed by atoms with E-state index in [-0.39, 0.29) is 0 Å². The molecule has 0 spiro atoms. The second-order valence-corrected chi connectivity index (χ2v) is 2.76. The summed E-state index contributed by atoms with van der Waals surface area (Å²) in [6, 6.07) is 0.666. The Morgan fingerprint density at radius 2 is 2.56 bits per heavy atom. The van der Waals surface area contributed by atoms with Gasteiger partial charge < -0.3 is 0 Å². The maximum atomic E-state index is 3.24. The predicted molar refractivity (Wildman–Crippen MR) is 36.9 cm³/mol. The summed E-state index contributed by atoms with van der Waals surface area (Å²) in [6.07, 6.45) is 6.32. The van der Waals surface area contributed by atoms with Gasteiger partial charge >= 0.3 is 0 Å². The van der Waals surface area contributed by atoms with Crippen molar-refractivity contribution >= 4 is 0 Å². The summed E-state index contributed by atoms with van der Waals surface area (Å²) in [5, 5.41) is 0. The minimum Gasteiger partial charge on any atom is -0.253 e. The molecule has 1 fully saturated rings. The van der Waals surface area contributed by atoms with Crippen LogP contribution in [0.25, 0.3) is 0 Å². The summed E-state index contributed by atoms with van der Waals surface area (Å²) in [5.41, 5.74) is 7.96. The van der Waals surface area contributed by atoms with Gasteiger partial charge in [0.1, 0.15) is 0 Å². The van der Waals surface area contributed by atoms with Crippen molar-refractivity contribution in [3.05, 3.63) is 11.6 Å². The first-order valence-corrected chi connectivity index (χ1v) is 3.64. The van der Waals surface area contributed by atoms with Crippen molar-refractivity contribution in [2.75, 3.05) is 6.54 Å². The molecule has 1 aliphatic carbocycles. The van der Waals surface area contributed by atoms with Crippen LogP contribution in [0.4, 0.5) is 0 Å². The maximum absolute atomic E-state index is 3.24. The Morgan fingerprint density at radius 3 is 3.44 bits per heavy atom. The minimum atomic E-state index is 0.666. The third kappa shape index (κ3) is 0.884. The van der Waals surface area contributed by atoms with Gasteiger partial charge in [0.2, 0.25) is 0 Å². The Kier molecular flexibility index (Phi) is 1.28. The van der Waals surface area contributed by atoms with Gasteiger partial charge in [0.15, 0.2) is 0 Å². The van der Waals surface area contributed by atoms with Crippen molar-refractivity contribution in [2.24, 2.45) is 0 Å². The van der Waals surface area contributed by atoms with Gasteiger partial charge in [-0.2, -0.15) is 0 Å². The molecular weight excluding hydrogens is 112 g/mol. The Hall–Kier alpha value is -0.340. The maximum Gasteiger partial charge on any atom is 0.0435 e. The standard InChI is InChI=1S/C7H12N2/c1-2-4-7-6(3-1)5-8-9-7/h3,7-9H,1-2,4-5H2. The van der Waals surface area contributed by atoms with Crippen LogP contribution in [0.15, 0.2) is 11.6 Å². The number of allylic oxidation sites excluding steroid dienone is 1. The summed E-state index contributed by atoms with van der Waals surface area (Å²) >= 11 is 0. The first-order chi connectivity index (χ1) is 4.47. The van der Waals surface area contributed by atoms with Crippen molar-refractivity contribution in [3.63, 3.8) is 0 Å². The van der Waals surface area contributed by atoms with E-state index in [0.717, 1.165) is 6.54 Å². The topological polar surface area (TPSA) is 24.1 Å². The molecule has 0 bridgehead atoms. The number of hydrazine groups is 1. The molecular formula is C7H12N2. The molecule has 1 saturated heterocycles. The quantitative estimate of drug-likeness (QED) is 0.461. The molecule has 1 atom stereocenters. The van der Waals surface area contributed by atoms with Gasteiger partial charge in [0, 0.05) is 12.6 Å². The number of hydrogen-bond acceptors (Lipinski definition) is 2. The predicted octanol–water partition coefficient (Wildman–Crippen LogP) is 0.573. The SMILES string of the molecule is C1=C2CNNC2CCC1. The smallest absolute Gasteiger partial charge is 0.0435 e. The lowest BCUT2D eigenvalue weighted by Crippen LogP contribution is -2.30. The normalized spacial score (nSPS) is 33.8. The van der Waals surface area contributed by atoms with Crippen LogP contribution < -0.4 is 10.9 Å². The zero-order valence-electron chi connectivity index (χ0n) is 5.48. The summed E-state index contributed by atoms with van der Waals surface area (Å²) in [6.45, 7) is 1.06. The molecule has 2 aliphatic rings. The Balaban J connectivity index is 2.16. The second-order valence-electron chi connectivity index (χ2n) is 2.76. The van der Waals surface area contributed by atoms with Crippen molar-refractivity contribution in [3.8, 4) is 0 Å². The fourth-order valence-electron chi connectivity index (χ4n) is 1.57. The lowest BCUT2D eigenvalue weighted by Gasteiger charge is -2.14. The highest BCUT2D eigenvalue weighted by atomic mass is 15.4. The van der Waals surface area contributed by atoms with Crippen LogP contribution in [0, 0.1) is 0 Å². The molecule has 9 heavy (non-hydrogen) atoms. The van der Waals surface area contributed by atoms with Gasteiger partial charge in [-0.3, -0.25) is 10.9 Å². The van der Waals surface area contributed by atoms with Gasteiger partial charge in [-0.25, -0.2) is 0 Å². The van der Waals surface area contributed by atoms with Crippen molar-refractivity contribution in [1.29, 1.82) is 0 Å². The molecule has 0 amide bonds. The van der Waals surface area contributed by atoms with Crippen molar-refractivity contribution in [2.45, 2.75) is 25.3 Å². The second kappa shape index (κ2) is 2.12. The number of hydrogen-bond donors (Lipinski definition) is 2. The van der Waals surface area contributed by atoms with Crippen molar-refractivity contribution < 1.29 is 0 Å². The largest absolute Gasteiger partial charge is 0.253 e. The van der Waals surface area contributed by atoms with E-state index in [1.54, 1.807) is 5.57 Å². The van der Waals surface area contributed by atoms with Crippen molar-refractivity contribution in [1.82, 2.24) is 10.9 Å². The lowest BCUT2D eigenvalue weighted by molar-refractivity contribution is 0.521. The molecule has 2 heteroatoms. The summed E-state index contributed by atoms with van der Waals surface area (Å²) < 4.78 is 0. The summed E-state index contributed by atoms with van der Waals surface area (Å²) in [5.74, 6) is 0. The van der Waals surface area contributed by atoms with E-state index in [4.69, 9.17) is 0 Å². The monoisotopic (exact) mass is 124 g/mol. The van der Waals surface area contributed by atoms with Crippen LogP contribution in [0.3, 0.4) is 0 Å². The molecule has 1 aliphatic heterocycles. The van der Waals surface area contributed by atoms with Gasteiger partial charge in [0.05, 0.1) is 0 Å². The molecule has 1 heterocycles. The van der Waals surface area contributed by atoms with E-state index in [1.165, 1.54) is 19.3 Å².